The van der Waals surface area contributed by atoms with Crippen LogP contribution in [0.15, 0.2) is 48.5 Å². The normalized spacial score (nSPS) is 21.1. The van der Waals surface area contributed by atoms with Gasteiger partial charge in [-0.3, -0.25) is 4.90 Å². The summed E-state index contributed by atoms with van der Waals surface area (Å²) in [5.41, 5.74) is 2.65. The molecule has 2 aliphatic heterocycles. The van der Waals surface area contributed by atoms with Gasteiger partial charge in [-0.05, 0) is 36.5 Å². The molecule has 2 aromatic carbocycles. The lowest BCUT2D eigenvalue weighted by molar-refractivity contribution is 0.109. The van der Waals surface area contributed by atoms with E-state index in [-0.39, 0.29) is 0 Å². The maximum absolute atomic E-state index is 5.93. The molecule has 1 saturated heterocycles. The summed E-state index contributed by atoms with van der Waals surface area (Å²) in [7, 11) is 1.76. The van der Waals surface area contributed by atoms with E-state index in [9.17, 15) is 0 Å². The SMILES string of the molecule is COc1ccccc1CN1CCN(C[C@H]2CCOc3ccccc3C2)CC1. The van der Waals surface area contributed by atoms with Crippen molar-refractivity contribution in [3.05, 3.63) is 59.7 Å². The molecule has 2 aliphatic rings. The fourth-order valence-corrected chi connectivity index (χ4v) is 4.29. The summed E-state index contributed by atoms with van der Waals surface area (Å²) < 4.78 is 11.4. The Hall–Kier alpha value is -2.04. The van der Waals surface area contributed by atoms with Gasteiger partial charge in [0.1, 0.15) is 11.5 Å². The van der Waals surface area contributed by atoms with Crippen LogP contribution >= 0.6 is 0 Å². The standard InChI is InChI=1S/C23H30N2O2/c1-26-22-8-4-3-7-21(22)18-25-13-11-24(12-14-25)17-19-10-15-27-23-9-5-2-6-20(23)16-19/h2-9,19H,10-18H2,1H3/t19-/m0/s1. The number of fused-ring (bicyclic) bond motifs is 1. The molecule has 1 atom stereocenters. The lowest BCUT2D eigenvalue weighted by Crippen LogP contribution is -2.47. The lowest BCUT2D eigenvalue weighted by atomic mass is 9.96. The molecule has 0 spiro atoms. The first-order chi connectivity index (χ1) is 13.3. The number of piperazine rings is 1. The number of nitrogens with zero attached hydrogens (tertiary/aromatic N) is 2. The predicted molar refractivity (Wildman–Crippen MR) is 108 cm³/mol. The van der Waals surface area contributed by atoms with E-state index in [1.165, 1.54) is 17.7 Å². The summed E-state index contributed by atoms with van der Waals surface area (Å²) in [5, 5.41) is 0. The Morgan fingerprint density at radius 3 is 2.56 bits per heavy atom. The van der Waals surface area contributed by atoms with Gasteiger partial charge in [0.2, 0.25) is 0 Å². The first-order valence-electron chi connectivity index (χ1n) is 10.1. The number of methoxy groups -OCH3 is 1. The molecule has 0 aromatic heterocycles. The zero-order valence-corrected chi connectivity index (χ0v) is 16.3. The molecule has 0 amide bonds. The van der Waals surface area contributed by atoms with Crippen LogP contribution in [-0.2, 0) is 13.0 Å². The Morgan fingerprint density at radius 1 is 0.963 bits per heavy atom. The Balaban J connectivity index is 1.28. The average Bonchev–Trinajstić information content (AvgIpc) is 2.91. The minimum Gasteiger partial charge on any atom is -0.496 e. The first kappa shape index (κ1) is 18.3. The number of benzene rings is 2. The quantitative estimate of drug-likeness (QED) is 0.809. The Labute approximate surface area is 162 Å². The molecular weight excluding hydrogens is 336 g/mol. The molecule has 0 saturated carbocycles. The molecule has 0 aliphatic carbocycles. The highest BCUT2D eigenvalue weighted by Gasteiger charge is 2.23. The van der Waals surface area contributed by atoms with Gasteiger partial charge in [-0.2, -0.15) is 0 Å². The Morgan fingerprint density at radius 2 is 1.70 bits per heavy atom. The minimum atomic E-state index is 0.689. The van der Waals surface area contributed by atoms with E-state index in [1.54, 1.807) is 7.11 Å². The number of para-hydroxylation sites is 2. The molecule has 27 heavy (non-hydrogen) atoms. The average molecular weight is 367 g/mol. The molecule has 4 rings (SSSR count). The van der Waals surface area contributed by atoms with Crippen LogP contribution in [0.1, 0.15) is 17.5 Å². The van der Waals surface area contributed by atoms with E-state index in [4.69, 9.17) is 9.47 Å². The molecule has 0 unspecified atom stereocenters. The zero-order valence-electron chi connectivity index (χ0n) is 16.3. The molecule has 4 heteroatoms. The highest BCUT2D eigenvalue weighted by molar-refractivity contribution is 5.34. The number of hydrogen-bond acceptors (Lipinski definition) is 4. The second kappa shape index (κ2) is 8.77. The van der Waals surface area contributed by atoms with Gasteiger partial charge in [-0.25, -0.2) is 0 Å². The van der Waals surface area contributed by atoms with Crippen molar-refractivity contribution in [2.24, 2.45) is 5.92 Å². The second-order valence-electron chi connectivity index (χ2n) is 7.70. The summed E-state index contributed by atoms with van der Waals surface area (Å²) in [5.74, 6) is 2.77. The van der Waals surface area contributed by atoms with Crippen molar-refractivity contribution in [2.45, 2.75) is 19.4 Å². The Bertz CT molecular complexity index is 741. The van der Waals surface area contributed by atoms with Crippen LogP contribution < -0.4 is 9.47 Å². The van der Waals surface area contributed by atoms with Gasteiger partial charge in [0.15, 0.2) is 0 Å². The number of hydrogen-bond donors (Lipinski definition) is 0. The van der Waals surface area contributed by atoms with Gasteiger partial charge in [-0.1, -0.05) is 36.4 Å². The first-order valence-corrected chi connectivity index (χ1v) is 10.1. The van der Waals surface area contributed by atoms with Gasteiger partial charge >= 0.3 is 0 Å². The molecule has 144 valence electrons. The molecule has 2 heterocycles. The molecule has 1 fully saturated rings. The maximum Gasteiger partial charge on any atom is 0.123 e. The van der Waals surface area contributed by atoms with Crippen LogP contribution in [0, 0.1) is 5.92 Å². The summed E-state index contributed by atoms with van der Waals surface area (Å²) in [6.07, 6.45) is 2.29. The van der Waals surface area contributed by atoms with E-state index in [0.29, 0.717) is 5.92 Å². The van der Waals surface area contributed by atoms with Gasteiger partial charge in [0.25, 0.3) is 0 Å². The summed E-state index contributed by atoms with van der Waals surface area (Å²) in [6.45, 7) is 7.54. The third-order valence-corrected chi connectivity index (χ3v) is 5.83. The van der Waals surface area contributed by atoms with E-state index in [2.05, 4.69) is 52.3 Å². The zero-order chi connectivity index (χ0) is 18.5. The predicted octanol–water partition coefficient (Wildman–Crippen LogP) is 3.45. The fraction of sp³-hybridized carbons (Fsp3) is 0.478. The van der Waals surface area contributed by atoms with Gasteiger partial charge in [0, 0.05) is 44.8 Å². The van der Waals surface area contributed by atoms with E-state index in [1.807, 2.05) is 6.07 Å². The maximum atomic E-state index is 5.93. The summed E-state index contributed by atoms with van der Waals surface area (Å²) in [6, 6.07) is 16.9. The summed E-state index contributed by atoms with van der Waals surface area (Å²) in [4.78, 5) is 5.18. The minimum absolute atomic E-state index is 0.689. The van der Waals surface area contributed by atoms with Crippen molar-refractivity contribution in [3.63, 3.8) is 0 Å². The van der Waals surface area contributed by atoms with Crippen LogP contribution in [0.2, 0.25) is 0 Å². The smallest absolute Gasteiger partial charge is 0.123 e. The largest absolute Gasteiger partial charge is 0.496 e. The molecular formula is C23H30N2O2. The highest BCUT2D eigenvalue weighted by atomic mass is 16.5. The lowest BCUT2D eigenvalue weighted by Gasteiger charge is -2.36. The van der Waals surface area contributed by atoms with Crippen LogP contribution in [0.4, 0.5) is 0 Å². The highest BCUT2D eigenvalue weighted by Crippen LogP contribution is 2.27. The van der Waals surface area contributed by atoms with E-state index >= 15 is 0 Å². The van der Waals surface area contributed by atoms with Gasteiger partial charge < -0.3 is 14.4 Å². The van der Waals surface area contributed by atoms with Gasteiger partial charge in [0.05, 0.1) is 13.7 Å². The molecule has 0 N–H and O–H groups in total. The van der Waals surface area contributed by atoms with Crippen molar-refractivity contribution in [3.8, 4) is 11.5 Å². The third kappa shape index (κ3) is 4.63. The topological polar surface area (TPSA) is 24.9 Å². The number of rotatable bonds is 5. The van der Waals surface area contributed by atoms with E-state index in [0.717, 1.165) is 63.7 Å². The van der Waals surface area contributed by atoms with Crippen LogP contribution in [0.5, 0.6) is 11.5 Å². The van der Waals surface area contributed by atoms with Crippen molar-refractivity contribution in [1.29, 1.82) is 0 Å². The third-order valence-electron chi connectivity index (χ3n) is 5.83. The molecule has 4 nitrogen and oxygen atoms in total. The van der Waals surface area contributed by atoms with Crippen molar-refractivity contribution < 1.29 is 9.47 Å². The number of ether oxygens (including phenoxy) is 2. The molecule has 2 aromatic rings. The van der Waals surface area contributed by atoms with Crippen molar-refractivity contribution in [1.82, 2.24) is 9.80 Å². The van der Waals surface area contributed by atoms with Crippen LogP contribution in [0.3, 0.4) is 0 Å². The molecule has 0 radical (unpaired) electrons. The van der Waals surface area contributed by atoms with Crippen molar-refractivity contribution >= 4 is 0 Å². The van der Waals surface area contributed by atoms with Gasteiger partial charge in [-0.15, -0.1) is 0 Å². The van der Waals surface area contributed by atoms with Crippen LogP contribution in [-0.4, -0.2) is 56.2 Å². The van der Waals surface area contributed by atoms with Crippen LogP contribution in [0.25, 0.3) is 0 Å². The second-order valence-corrected chi connectivity index (χ2v) is 7.70. The monoisotopic (exact) mass is 366 g/mol. The summed E-state index contributed by atoms with van der Waals surface area (Å²) >= 11 is 0. The van der Waals surface area contributed by atoms with E-state index < -0.39 is 0 Å². The molecule has 0 bridgehead atoms. The Kier molecular flexibility index (Phi) is 5.95. The fourth-order valence-electron chi connectivity index (χ4n) is 4.29. The van der Waals surface area contributed by atoms with Crippen molar-refractivity contribution in [2.75, 3.05) is 46.4 Å².